The molecule has 0 spiro atoms. The van der Waals surface area contributed by atoms with Gasteiger partial charge in [-0.05, 0) is 44.8 Å². The molecule has 0 aliphatic carbocycles. The minimum atomic E-state index is -0.703. The quantitative estimate of drug-likeness (QED) is 0.544. The van der Waals surface area contributed by atoms with Crippen LogP contribution in [0.25, 0.3) is 21.5 Å². The number of hydrogen-bond donors (Lipinski definition) is 2. The first-order valence-corrected chi connectivity index (χ1v) is 8.54. The average molecular weight is 328 g/mol. The van der Waals surface area contributed by atoms with Gasteiger partial charge in [-0.3, -0.25) is 0 Å². The van der Waals surface area contributed by atoms with Crippen molar-refractivity contribution >= 4 is 21.5 Å². The topological polar surface area (TPSA) is 40.5 Å². The van der Waals surface area contributed by atoms with Crippen molar-refractivity contribution in [2.75, 3.05) is 0 Å². The van der Waals surface area contributed by atoms with Crippen molar-refractivity contribution in [3.8, 4) is 0 Å². The monoisotopic (exact) mass is 328 g/mol. The van der Waals surface area contributed by atoms with Gasteiger partial charge < -0.3 is 10.2 Å². The van der Waals surface area contributed by atoms with Crippen molar-refractivity contribution in [3.05, 3.63) is 96.1 Å². The van der Waals surface area contributed by atoms with Crippen molar-refractivity contribution in [2.24, 2.45) is 0 Å². The van der Waals surface area contributed by atoms with Crippen LogP contribution < -0.4 is 0 Å². The maximum absolute atomic E-state index is 10.6. The van der Waals surface area contributed by atoms with E-state index < -0.39 is 12.2 Å². The Morgan fingerprint density at radius 2 is 0.920 bits per heavy atom. The van der Waals surface area contributed by atoms with Crippen LogP contribution in [0.2, 0.25) is 0 Å². The summed E-state index contributed by atoms with van der Waals surface area (Å²) >= 11 is 0. The highest BCUT2D eigenvalue weighted by atomic mass is 16.3. The average Bonchev–Trinajstić information content (AvgIpc) is 2.67. The molecule has 0 aliphatic rings. The van der Waals surface area contributed by atoms with Gasteiger partial charge >= 0.3 is 0 Å². The Balaban J connectivity index is 1.56. The molecule has 0 fully saturated rings. The molecular weight excluding hydrogens is 308 g/mol. The zero-order chi connectivity index (χ0) is 17.2. The highest BCUT2D eigenvalue weighted by molar-refractivity contribution is 5.83. The molecule has 0 unspecified atom stereocenters. The number of aliphatic hydroxyl groups is 2. The Morgan fingerprint density at radius 1 is 0.520 bits per heavy atom. The number of rotatable bonds is 4. The molecule has 0 saturated carbocycles. The Hall–Kier alpha value is -2.68. The lowest BCUT2D eigenvalue weighted by molar-refractivity contribution is 0.0805. The standard InChI is InChI=1S/C23H20O2/c24-22(20-11-9-16-5-1-3-7-18(16)13-20)15-23(25)21-12-10-17-6-2-4-8-19(17)14-21/h1-14,22-25H,15H2/t22-,23+. The van der Waals surface area contributed by atoms with Gasteiger partial charge in [-0.25, -0.2) is 0 Å². The molecule has 2 atom stereocenters. The minimum Gasteiger partial charge on any atom is -0.388 e. The molecule has 4 rings (SSSR count). The molecule has 0 aromatic heterocycles. The molecule has 0 radical (unpaired) electrons. The second kappa shape index (κ2) is 6.67. The largest absolute Gasteiger partial charge is 0.388 e. The van der Waals surface area contributed by atoms with Crippen LogP contribution in [-0.4, -0.2) is 10.2 Å². The first kappa shape index (κ1) is 15.8. The van der Waals surface area contributed by atoms with Crippen molar-refractivity contribution in [1.29, 1.82) is 0 Å². The molecule has 0 heterocycles. The zero-order valence-electron chi connectivity index (χ0n) is 13.8. The molecule has 4 aromatic rings. The summed E-state index contributed by atoms with van der Waals surface area (Å²) in [5, 5.41) is 25.6. The SMILES string of the molecule is O[C@H](C[C@H](O)c1ccc2ccccc2c1)c1ccc2ccccc2c1. The highest BCUT2D eigenvalue weighted by Crippen LogP contribution is 2.29. The van der Waals surface area contributed by atoms with E-state index in [2.05, 4.69) is 12.1 Å². The van der Waals surface area contributed by atoms with Gasteiger partial charge in [0.15, 0.2) is 0 Å². The number of hydrogen-bond acceptors (Lipinski definition) is 2. The van der Waals surface area contributed by atoms with Crippen LogP contribution in [0.4, 0.5) is 0 Å². The smallest absolute Gasteiger partial charge is 0.0818 e. The third-order valence-corrected chi connectivity index (χ3v) is 4.76. The van der Waals surface area contributed by atoms with Crippen LogP contribution in [0.5, 0.6) is 0 Å². The normalized spacial score (nSPS) is 13.8. The molecule has 4 aromatic carbocycles. The highest BCUT2D eigenvalue weighted by Gasteiger charge is 2.16. The Kier molecular flexibility index (Phi) is 4.22. The van der Waals surface area contributed by atoms with Gasteiger partial charge in [0.2, 0.25) is 0 Å². The molecule has 0 amide bonds. The van der Waals surface area contributed by atoms with Gasteiger partial charge in [0.25, 0.3) is 0 Å². The van der Waals surface area contributed by atoms with E-state index >= 15 is 0 Å². The summed E-state index contributed by atoms with van der Waals surface area (Å²) in [5.74, 6) is 0. The summed E-state index contributed by atoms with van der Waals surface area (Å²) < 4.78 is 0. The van der Waals surface area contributed by atoms with E-state index in [4.69, 9.17) is 0 Å². The van der Waals surface area contributed by atoms with Crippen LogP contribution in [0, 0.1) is 0 Å². The molecular formula is C23H20O2. The molecule has 25 heavy (non-hydrogen) atoms. The van der Waals surface area contributed by atoms with E-state index in [-0.39, 0.29) is 6.42 Å². The van der Waals surface area contributed by atoms with Crippen molar-refractivity contribution < 1.29 is 10.2 Å². The first-order valence-electron chi connectivity index (χ1n) is 8.54. The fourth-order valence-corrected chi connectivity index (χ4v) is 3.31. The Morgan fingerprint density at radius 3 is 1.36 bits per heavy atom. The molecule has 0 saturated heterocycles. The molecule has 0 aliphatic heterocycles. The maximum atomic E-state index is 10.6. The summed E-state index contributed by atoms with van der Waals surface area (Å²) in [6, 6.07) is 28.0. The molecule has 2 nitrogen and oxygen atoms in total. The van der Waals surface area contributed by atoms with Gasteiger partial charge in [0.05, 0.1) is 12.2 Å². The lowest BCUT2D eigenvalue weighted by atomic mass is 9.96. The lowest BCUT2D eigenvalue weighted by Gasteiger charge is -2.17. The summed E-state index contributed by atoms with van der Waals surface area (Å²) in [4.78, 5) is 0. The van der Waals surface area contributed by atoms with Crippen molar-refractivity contribution in [2.45, 2.75) is 18.6 Å². The molecule has 0 bridgehead atoms. The van der Waals surface area contributed by atoms with E-state index in [1.165, 1.54) is 0 Å². The Labute approximate surface area is 147 Å². The summed E-state index contributed by atoms with van der Waals surface area (Å²) in [7, 11) is 0. The van der Waals surface area contributed by atoms with E-state index in [1.807, 2.05) is 72.8 Å². The number of benzene rings is 4. The van der Waals surface area contributed by atoms with Crippen LogP contribution in [0.1, 0.15) is 29.8 Å². The number of fused-ring (bicyclic) bond motifs is 2. The van der Waals surface area contributed by atoms with Crippen LogP contribution >= 0.6 is 0 Å². The van der Waals surface area contributed by atoms with Gasteiger partial charge in [-0.15, -0.1) is 0 Å². The first-order chi connectivity index (χ1) is 12.2. The number of aliphatic hydroxyl groups excluding tert-OH is 2. The maximum Gasteiger partial charge on any atom is 0.0818 e. The van der Waals surface area contributed by atoms with Gasteiger partial charge in [-0.2, -0.15) is 0 Å². The van der Waals surface area contributed by atoms with Gasteiger partial charge in [0.1, 0.15) is 0 Å². The molecule has 2 N–H and O–H groups in total. The zero-order valence-corrected chi connectivity index (χ0v) is 13.8. The fraction of sp³-hybridized carbons (Fsp3) is 0.130. The van der Waals surface area contributed by atoms with Crippen molar-refractivity contribution in [3.63, 3.8) is 0 Å². The van der Waals surface area contributed by atoms with E-state index in [0.29, 0.717) is 0 Å². The van der Waals surface area contributed by atoms with Crippen LogP contribution in [0.3, 0.4) is 0 Å². The third-order valence-electron chi connectivity index (χ3n) is 4.76. The molecule has 2 heteroatoms. The second-order valence-corrected chi connectivity index (χ2v) is 6.48. The molecule has 124 valence electrons. The van der Waals surface area contributed by atoms with Crippen molar-refractivity contribution in [1.82, 2.24) is 0 Å². The van der Waals surface area contributed by atoms with Crippen LogP contribution in [0.15, 0.2) is 84.9 Å². The fourth-order valence-electron chi connectivity index (χ4n) is 3.31. The lowest BCUT2D eigenvalue weighted by Crippen LogP contribution is -2.06. The predicted molar refractivity (Wildman–Crippen MR) is 102 cm³/mol. The predicted octanol–water partition coefficient (Wildman–Crippen LogP) is 5.15. The third kappa shape index (κ3) is 3.27. The van der Waals surface area contributed by atoms with Gasteiger partial charge in [-0.1, -0.05) is 72.8 Å². The summed E-state index contributed by atoms with van der Waals surface area (Å²) in [6.45, 7) is 0. The summed E-state index contributed by atoms with van der Waals surface area (Å²) in [6.07, 6.45) is -1.13. The van der Waals surface area contributed by atoms with Gasteiger partial charge in [0, 0.05) is 6.42 Å². The van der Waals surface area contributed by atoms with E-state index in [0.717, 1.165) is 32.7 Å². The van der Waals surface area contributed by atoms with E-state index in [1.54, 1.807) is 0 Å². The Bertz CT molecular complexity index is 939. The minimum absolute atomic E-state index is 0.274. The summed E-state index contributed by atoms with van der Waals surface area (Å²) in [5.41, 5.74) is 1.66. The second-order valence-electron chi connectivity index (χ2n) is 6.48. The van der Waals surface area contributed by atoms with E-state index in [9.17, 15) is 10.2 Å². The van der Waals surface area contributed by atoms with Crippen LogP contribution in [-0.2, 0) is 0 Å².